The summed E-state index contributed by atoms with van der Waals surface area (Å²) in [7, 11) is 1.73. The number of aryl methyl sites for hydroxylation is 1. The molecule has 1 aliphatic heterocycles. The van der Waals surface area contributed by atoms with E-state index < -0.39 is 0 Å². The summed E-state index contributed by atoms with van der Waals surface area (Å²) in [6.45, 7) is 6.86. The predicted octanol–water partition coefficient (Wildman–Crippen LogP) is 6.45. The van der Waals surface area contributed by atoms with Crippen LogP contribution in [-0.2, 0) is 17.8 Å². The van der Waals surface area contributed by atoms with E-state index in [0.717, 1.165) is 44.6 Å². The minimum atomic E-state index is -0.0202. The Morgan fingerprint density at radius 1 is 1.03 bits per heavy atom. The quantitative estimate of drug-likeness (QED) is 0.351. The number of likely N-dealkylation sites (tertiary alicyclic amines) is 1. The Morgan fingerprint density at radius 3 is 2.40 bits per heavy atom. The van der Waals surface area contributed by atoms with E-state index in [1.54, 1.807) is 14.0 Å². The average molecular weight is 489 g/mol. The smallest absolute Gasteiger partial charge is 0.226 e. The van der Waals surface area contributed by atoms with Gasteiger partial charge in [0.25, 0.3) is 0 Å². The summed E-state index contributed by atoms with van der Waals surface area (Å²) in [5.74, 6) is 1.35. The number of hydrogen-bond acceptors (Lipinski definition) is 4. The van der Waals surface area contributed by atoms with Gasteiger partial charge in [0.05, 0.1) is 12.4 Å². The van der Waals surface area contributed by atoms with Gasteiger partial charge in [0.2, 0.25) is 5.91 Å². The van der Waals surface area contributed by atoms with E-state index in [1.165, 1.54) is 39.8 Å². The zero-order valence-electron chi connectivity index (χ0n) is 21.0. The summed E-state index contributed by atoms with van der Waals surface area (Å²) in [6, 6.07) is 25.9. The molecule has 184 valence electrons. The number of methoxy groups -OCH3 is 1. The highest BCUT2D eigenvalue weighted by Crippen LogP contribution is 2.40. The first-order chi connectivity index (χ1) is 17.0. The van der Waals surface area contributed by atoms with Crippen molar-refractivity contribution in [3.8, 4) is 5.75 Å². The van der Waals surface area contributed by atoms with Crippen LogP contribution in [0.2, 0.25) is 0 Å². The first kappa shape index (κ1) is 25.3. The standard InChI is InChI=1S/C30H36N2O2S/c1-22-9-11-24(12-10-22)19-30(35-31-23(2)33)28-14-13-27(34-3)20-29(28)26-15-17-32(18-16-26)21-25-7-5-4-6-8-25/h4-14,20,26,30H,15-19,21H2,1-3H3,(H,31,33). The summed E-state index contributed by atoms with van der Waals surface area (Å²) in [5, 5.41) is 0.130. The SMILES string of the molecule is COc1ccc(C(Cc2ccc(C)cc2)SNC(C)=O)c(C2CCN(Cc3ccccc3)CC2)c1. The predicted molar refractivity (Wildman–Crippen MR) is 146 cm³/mol. The Morgan fingerprint density at radius 2 is 1.74 bits per heavy atom. The minimum Gasteiger partial charge on any atom is -0.497 e. The Bertz CT molecular complexity index is 1090. The summed E-state index contributed by atoms with van der Waals surface area (Å²) in [4.78, 5) is 14.3. The van der Waals surface area contributed by atoms with Crippen LogP contribution in [0, 0.1) is 6.92 Å². The largest absolute Gasteiger partial charge is 0.497 e. The molecule has 1 N–H and O–H groups in total. The van der Waals surface area contributed by atoms with Crippen LogP contribution >= 0.6 is 11.9 Å². The van der Waals surface area contributed by atoms with Crippen molar-refractivity contribution in [2.45, 2.75) is 50.8 Å². The van der Waals surface area contributed by atoms with E-state index >= 15 is 0 Å². The first-order valence-corrected chi connectivity index (χ1v) is 13.3. The zero-order chi connectivity index (χ0) is 24.6. The number of ether oxygens (including phenoxy) is 1. The molecular formula is C30H36N2O2S. The molecule has 0 saturated carbocycles. The number of nitrogens with zero attached hydrogens (tertiary/aromatic N) is 1. The van der Waals surface area contributed by atoms with Crippen molar-refractivity contribution >= 4 is 17.9 Å². The van der Waals surface area contributed by atoms with Gasteiger partial charge < -0.3 is 4.74 Å². The maximum absolute atomic E-state index is 11.8. The molecule has 0 aromatic heterocycles. The lowest BCUT2D eigenvalue weighted by Gasteiger charge is -2.34. The number of nitrogens with one attached hydrogen (secondary N) is 1. The van der Waals surface area contributed by atoms with Crippen LogP contribution in [0.25, 0.3) is 0 Å². The molecule has 1 unspecified atom stereocenters. The third-order valence-corrected chi connectivity index (χ3v) is 7.91. The van der Waals surface area contributed by atoms with Gasteiger partial charge in [-0.3, -0.25) is 14.4 Å². The van der Waals surface area contributed by atoms with E-state index in [9.17, 15) is 4.79 Å². The molecule has 1 atom stereocenters. The van der Waals surface area contributed by atoms with Gasteiger partial charge in [-0.1, -0.05) is 66.2 Å². The number of piperidine rings is 1. The maximum atomic E-state index is 11.8. The molecule has 1 fully saturated rings. The second kappa shape index (κ2) is 12.3. The first-order valence-electron chi connectivity index (χ1n) is 12.4. The third-order valence-electron chi connectivity index (χ3n) is 6.80. The van der Waals surface area contributed by atoms with E-state index in [2.05, 4.69) is 89.3 Å². The molecule has 1 heterocycles. The van der Waals surface area contributed by atoms with Crippen molar-refractivity contribution in [1.29, 1.82) is 0 Å². The van der Waals surface area contributed by atoms with Crippen molar-refractivity contribution in [3.05, 3.63) is 101 Å². The average Bonchev–Trinajstić information content (AvgIpc) is 2.88. The fourth-order valence-corrected chi connectivity index (χ4v) is 5.80. The number of carbonyl (C=O) groups excluding carboxylic acids is 1. The van der Waals surface area contributed by atoms with Crippen LogP contribution in [0.15, 0.2) is 72.8 Å². The topological polar surface area (TPSA) is 41.6 Å². The van der Waals surface area contributed by atoms with Crippen molar-refractivity contribution < 1.29 is 9.53 Å². The normalized spacial score (nSPS) is 15.5. The number of carbonyl (C=O) groups is 1. The van der Waals surface area contributed by atoms with Gasteiger partial charge >= 0.3 is 0 Å². The van der Waals surface area contributed by atoms with E-state index in [-0.39, 0.29) is 11.2 Å². The maximum Gasteiger partial charge on any atom is 0.226 e. The van der Waals surface area contributed by atoms with Crippen LogP contribution < -0.4 is 9.46 Å². The van der Waals surface area contributed by atoms with Crippen LogP contribution in [0.1, 0.15) is 58.8 Å². The highest BCUT2D eigenvalue weighted by Gasteiger charge is 2.26. The van der Waals surface area contributed by atoms with Gasteiger partial charge in [0.1, 0.15) is 5.75 Å². The zero-order valence-corrected chi connectivity index (χ0v) is 21.8. The van der Waals surface area contributed by atoms with Crippen LogP contribution in [0.4, 0.5) is 0 Å². The number of rotatable bonds is 9. The Kier molecular flexibility index (Phi) is 8.89. The van der Waals surface area contributed by atoms with Gasteiger partial charge in [-0.05, 0) is 91.5 Å². The van der Waals surface area contributed by atoms with Gasteiger partial charge in [0.15, 0.2) is 0 Å². The van der Waals surface area contributed by atoms with E-state index in [0.29, 0.717) is 5.92 Å². The fraction of sp³-hybridized carbons (Fsp3) is 0.367. The van der Waals surface area contributed by atoms with Crippen LogP contribution in [0.5, 0.6) is 5.75 Å². The van der Waals surface area contributed by atoms with E-state index in [4.69, 9.17) is 4.74 Å². The second-order valence-electron chi connectivity index (χ2n) is 9.49. The molecule has 3 aromatic carbocycles. The number of hydrogen-bond donors (Lipinski definition) is 1. The lowest BCUT2D eigenvalue weighted by molar-refractivity contribution is -0.117. The number of benzene rings is 3. The highest BCUT2D eigenvalue weighted by molar-refractivity contribution is 7.98. The minimum absolute atomic E-state index is 0.0202. The molecule has 0 aliphatic carbocycles. The highest BCUT2D eigenvalue weighted by atomic mass is 32.2. The molecule has 1 saturated heterocycles. The van der Waals surface area contributed by atoms with E-state index in [1.807, 2.05) is 0 Å². The second-order valence-corrected chi connectivity index (χ2v) is 10.5. The molecule has 35 heavy (non-hydrogen) atoms. The summed E-state index contributed by atoms with van der Waals surface area (Å²) in [5.41, 5.74) is 6.56. The molecule has 1 aliphatic rings. The van der Waals surface area contributed by atoms with Crippen LogP contribution in [-0.4, -0.2) is 31.0 Å². The Hall–Kier alpha value is -2.76. The summed E-state index contributed by atoms with van der Waals surface area (Å²) in [6.07, 6.45) is 3.10. The Balaban J connectivity index is 1.55. The molecule has 1 amide bonds. The molecule has 5 heteroatoms. The molecule has 4 nitrogen and oxygen atoms in total. The lowest BCUT2D eigenvalue weighted by Crippen LogP contribution is -2.32. The van der Waals surface area contributed by atoms with Gasteiger partial charge in [-0.15, -0.1) is 0 Å². The van der Waals surface area contributed by atoms with Crippen molar-refractivity contribution in [2.24, 2.45) is 0 Å². The Labute approximate surface area is 214 Å². The molecular weight excluding hydrogens is 452 g/mol. The number of amides is 1. The van der Waals surface area contributed by atoms with Crippen molar-refractivity contribution in [2.75, 3.05) is 20.2 Å². The molecule has 3 aromatic rings. The molecule has 0 spiro atoms. The summed E-state index contributed by atoms with van der Waals surface area (Å²) < 4.78 is 8.63. The molecule has 4 rings (SSSR count). The lowest BCUT2D eigenvalue weighted by atomic mass is 9.84. The van der Waals surface area contributed by atoms with Crippen molar-refractivity contribution in [1.82, 2.24) is 9.62 Å². The van der Waals surface area contributed by atoms with Crippen LogP contribution in [0.3, 0.4) is 0 Å². The van der Waals surface area contributed by atoms with Gasteiger partial charge in [-0.2, -0.15) is 0 Å². The van der Waals surface area contributed by atoms with Crippen molar-refractivity contribution in [3.63, 3.8) is 0 Å². The fourth-order valence-electron chi connectivity index (χ4n) is 4.88. The van der Waals surface area contributed by atoms with Gasteiger partial charge in [0, 0.05) is 13.5 Å². The molecule has 0 radical (unpaired) electrons. The molecule has 0 bridgehead atoms. The third kappa shape index (κ3) is 7.12. The summed E-state index contributed by atoms with van der Waals surface area (Å²) >= 11 is 1.52. The van der Waals surface area contributed by atoms with Gasteiger partial charge in [-0.25, -0.2) is 0 Å². The monoisotopic (exact) mass is 488 g/mol.